The van der Waals surface area contributed by atoms with Gasteiger partial charge in [-0.3, -0.25) is 9.98 Å². The van der Waals surface area contributed by atoms with Crippen molar-refractivity contribution in [2.75, 3.05) is 24.6 Å². The van der Waals surface area contributed by atoms with Crippen molar-refractivity contribution >= 4 is 45.8 Å². The van der Waals surface area contributed by atoms with Crippen LogP contribution in [-0.2, 0) is 0 Å². The minimum atomic E-state index is 0.291. The number of phenolic OH excluding ortho intramolecular Hbond substituents is 1. The van der Waals surface area contributed by atoms with Crippen LogP contribution in [0.25, 0.3) is 12.2 Å². The summed E-state index contributed by atoms with van der Waals surface area (Å²) in [6.07, 6.45) is 7.97. The van der Waals surface area contributed by atoms with Crippen molar-refractivity contribution < 1.29 is 5.11 Å². The fourth-order valence-corrected chi connectivity index (χ4v) is 3.52. The molecule has 0 aliphatic carbocycles. The second-order valence-electron chi connectivity index (χ2n) is 4.62. The van der Waals surface area contributed by atoms with E-state index in [1.807, 2.05) is 36.4 Å². The molecule has 2 aliphatic rings. The first kappa shape index (κ1) is 14.5. The van der Waals surface area contributed by atoms with Crippen LogP contribution in [0.2, 0.25) is 0 Å². The maximum absolute atomic E-state index is 9.94. The van der Waals surface area contributed by atoms with Crippen LogP contribution in [0.15, 0.2) is 40.3 Å². The van der Waals surface area contributed by atoms with Gasteiger partial charge in [-0.2, -0.15) is 0 Å². The van der Waals surface area contributed by atoms with Crippen molar-refractivity contribution in [1.29, 1.82) is 0 Å². The van der Waals surface area contributed by atoms with E-state index in [4.69, 9.17) is 0 Å². The molecule has 0 atom stereocenters. The van der Waals surface area contributed by atoms with Gasteiger partial charge in [-0.05, 0) is 35.9 Å². The minimum Gasteiger partial charge on any atom is -0.507 e. The van der Waals surface area contributed by atoms with Gasteiger partial charge in [0.05, 0.1) is 10.1 Å². The molecule has 2 heterocycles. The average Bonchev–Trinajstić information content (AvgIpc) is 3.18. The van der Waals surface area contributed by atoms with Gasteiger partial charge in [-0.15, -0.1) is 23.5 Å². The molecule has 2 aliphatic heterocycles. The third-order valence-electron chi connectivity index (χ3n) is 3.09. The predicted molar refractivity (Wildman–Crippen MR) is 95.7 cm³/mol. The molecule has 0 amide bonds. The van der Waals surface area contributed by atoms with Crippen molar-refractivity contribution in [1.82, 2.24) is 0 Å². The van der Waals surface area contributed by atoms with Gasteiger partial charge in [0, 0.05) is 30.2 Å². The number of hydrogen-bond donors (Lipinski definition) is 1. The summed E-state index contributed by atoms with van der Waals surface area (Å²) in [6.45, 7) is 1.80. The first-order valence-electron chi connectivity index (χ1n) is 6.85. The number of rotatable bonds is 4. The van der Waals surface area contributed by atoms with Crippen LogP contribution in [0.1, 0.15) is 11.1 Å². The molecule has 0 saturated heterocycles. The van der Waals surface area contributed by atoms with E-state index in [0.717, 1.165) is 45.8 Å². The van der Waals surface area contributed by atoms with E-state index in [1.165, 1.54) is 0 Å². The molecule has 1 aromatic rings. The Morgan fingerprint density at radius 3 is 2.19 bits per heavy atom. The molecule has 0 spiro atoms. The van der Waals surface area contributed by atoms with E-state index in [0.29, 0.717) is 5.75 Å². The lowest BCUT2D eigenvalue weighted by Crippen LogP contribution is -1.83. The Morgan fingerprint density at radius 2 is 1.57 bits per heavy atom. The zero-order chi connectivity index (χ0) is 14.5. The highest BCUT2D eigenvalue weighted by Gasteiger charge is 2.05. The largest absolute Gasteiger partial charge is 0.507 e. The lowest BCUT2D eigenvalue weighted by atomic mass is 10.1. The molecule has 0 saturated carbocycles. The van der Waals surface area contributed by atoms with Crippen LogP contribution in [0, 0.1) is 0 Å². The summed E-state index contributed by atoms with van der Waals surface area (Å²) in [6, 6.07) is 5.61. The topological polar surface area (TPSA) is 45.0 Å². The Kier molecular flexibility index (Phi) is 4.83. The molecular formula is C16H16N2OS2. The van der Waals surface area contributed by atoms with Gasteiger partial charge < -0.3 is 5.11 Å². The Balaban J connectivity index is 1.75. The van der Waals surface area contributed by atoms with Crippen LogP contribution in [0.5, 0.6) is 5.75 Å². The van der Waals surface area contributed by atoms with Crippen LogP contribution < -0.4 is 0 Å². The quantitative estimate of drug-likeness (QED) is 0.921. The first-order chi connectivity index (χ1) is 10.3. The van der Waals surface area contributed by atoms with E-state index in [-0.39, 0.29) is 0 Å². The second-order valence-corrected chi connectivity index (χ2v) is 6.85. The molecule has 1 aromatic carbocycles. The van der Waals surface area contributed by atoms with Crippen LogP contribution >= 0.6 is 23.5 Å². The molecule has 0 bridgehead atoms. The molecule has 3 rings (SSSR count). The van der Waals surface area contributed by atoms with Crippen molar-refractivity contribution in [3.05, 3.63) is 41.5 Å². The average molecular weight is 316 g/mol. The van der Waals surface area contributed by atoms with Crippen molar-refractivity contribution in [2.24, 2.45) is 9.98 Å². The van der Waals surface area contributed by atoms with E-state index in [1.54, 1.807) is 29.6 Å². The predicted octanol–water partition coefficient (Wildman–Crippen LogP) is 3.71. The highest BCUT2D eigenvalue weighted by molar-refractivity contribution is 8.14. The Hall–Kier alpha value is -1.46. The molecule has 108 valence electrons. The van der Waals surface area contributed by atoms with Gasteiger partial charge in [0.1, 0.15) is 5.75 Å². The number of aromatic hydroxyl groups is 1. The summed E-state index contributed by atoms with van der Waals surface area (Å²) in [4.78, 5) is 8.76. The van der Waals surface area contributed by atoms with E-state index < -0.39 is 0 Å². The Morgan fingerprint density at radius 1 is 0.905 bits per heavy atom. The summed E-state index contributed by atoms with van der Waals surface area (Å²) >= 11 is 3.53. The molecule has 21 heavy (non-hydrogen) atoms. The molecule has 3 nitrogen and oxygen atoms in total. The molecule has 0 aromatic heterocycles. The minimum absolute atomic E-state index is 0.291. The maximum atomic E-state index is 9.94. The third kappa shape index (κ3) is 4.02. The number of thioether (sulfide) groups is 2. The lowest BCUT2D eigenvalue weighted by Gasteiger charge is -2.01. The lowest BCUT2D eigenvalue weighted by molar-refractivity contribution is 0.474. The molecule has 5 heteroatoms. The highest BCUT2D eigenvalue weighted by atomic mass is 32.2. The van der Waals surface area contributed by atoms with Gasteiger partial charge in [0.15, 0.2) is 0 Å². The maximum Gasteiger partial charge on any atom is 0.122 e. The summed E-state index contributed by atoms with van der Waals surface area (Å²) in [5, 5.41) is 12.1. The van der Waals surface area contributed by atoms with E-state index in [2.05, 4.69) is 9.98 Å². The third-order valence-corrected chi connectivity index (χ3v) is 4.99. The zero-order valence-electron chi connectivity index (χ0n) is 11.5. The van der Waals surface area contributed by atoms with Crippen LogP contribution in [0.3, 0.4) is 0 Å². The van der Waals surface area contributed by atoms with Gasteiger partial charge in [-0.1, -0.05) is 12.1 Å². The summed E-state index contributed by atoms with van der Waals surface area (Å²) in [7, 11) is 0. The monoisotopic (exact) mass is 316 g/mol. The number of benzene rings is 1. The molecule has 0 fully saturated rings. The normalized spacial score (nSPS) is 18.7. The summed E-state index contributed by atoms with van der Waals surface area (Å²) in [5.74, 6) is 2.41. The number of nitrogens with zero attached hydrogens (tertiary/aromatic N) is 2. The smallest absolute Gasteiger partial charge is 0.122 e. The fraction of sp³-hybridized carbons (Fsp3) is 0.250. The number of aliphatic imine (C=N–C) groups is 2. The van der Waals surface area contributed by atoms with E-state index in [9.17, 15) is 5.11 Å². The zero-order valence-corrected chi connectivity index (χ0v) is 13.2. The molecule has 1 N–H and O–H groups in total. The van der Waals surface area contributed by atoms with Crippen LogP contribution in [0.4, 0.5) is 0 Å². The second kappa shape index (κ2) is 7.00. The van der Waals surface area contributed by atoms with Gasteiger partial charge in [0.2, 0.25) is 0 Å². The van der Waals surface area contributed by atoms with Gasteiger partial charge >= 0.3 is 0 Å². The SMILES string of the molecule is Oc1ccc(/C=C/C2=NCCS2)cc1/C=C/C1=NCCS1. The van der Waals surface area contributed by atoms with Crippen molar-refractivity contribution in [2.45, 2.75) is 0 Å². The summed E-state index contributed by atoms with van der Waals surface area (Å²) in [5.41, 5.74) is 1.87. The standard InChI is InChI=1S/C16H16N2OS2/c19-14-4-1-12(2-5-15-17-7-9-20-15)11-13(14)3-6-16-18-8-10-21-16/h1-6,11,19H,7-10H2/b5-2+,6-3+. The highest BCUT2D eigenvalue weighted by Crippen LogP contribution is 2.23. The molecule has 0 radical (unpaired) electrons. The van der Waals surface area contributed by atoms with Gasteiger partial charge in [0.25, 0.3) is 0 Å². The fourth-order valence-electron chi connectivity index (χ4n) is 2.04. The van der Waals surface area contributed by atoms with Crippen molar-refractivity contribution in [3.63, 3.8) is 0 Å². The van der Waals surface area contributed by atoms with E-state index >= 15 is 0 Å². The molecular weight excluding hydrogens is 300 g/mol. The number of hydrogen-bond acceptors (Lipinski definition) is 5. The van der Waals surface area contributed by atoms with Crippen LogP contribution in [-0.4, -0.2) is 39.8 Å². The Labute approximate surface area is 133 Å². The van der Waals surface area contributed by atoms with Crippen molar-refractivity contribution in [3.8, 4) is 5.75 Å². The van der Waals surface area contributed by atoms with Gasteiger partial charge in [-0.25, -0.2) is 0 Å². The molecule has 0 unspecified atom stereocenters. The first-order valence-corrected chi connectivity index (χ1v) is 8.82. The Bertz CT molecular complexity index is 648. The number of phenols is 1. The summed E-state index contributed by atoms with van der Waals surface area (Å²) < 4.78 is 0.